The maximum Gasteiger partial charge on any atom is 0.343 e. The number of rotatable bonds is 6. The Morgan fingerprint density at radius 1 is 0.906 bits per heavy atom. The van der Waals surface area contributed by atoms with Crippen LogP contribution in [0.2, 0.25) is 0 Å². The summed E-state index contributed by atoms with van der Waals surface area (Å²) in [6.07, 6.45) is 1.33. The molecule has 0 heterocycles. The van der Waals surface area contributed by atoms with Gasteiger partial charge in [0, 0.05) is 10.2 Å². The van der Waals surface area contributed by atoms with Crippen molar-refractivity contribution < 1.29 is 23.9 Å². The summed E-state index contributed by atoms with van der Waals surface area (Å²) in [5.41, 5.74) is 3.58. The fourth-order valence-corrected chi connectivity index (χ4v) is 2.78. The monoisotopic (exact) mass is 495 g/mol. The molecule has 0 spiro atoms. The number of hydrazone groups is 1. The number of esters is 1. The lowest BCUT2D eigenvalue weighted by Gasteiger charge is -2.10. The topological polar surface area (TPSA) is 106 Å². The number of halogens is 1. The summed E-state index contributed by atoms with van der Waals surface area (Å²) in [7, 11) is 1.43. The largest absolute Gasteiger partial charge is 0.493 e. The first-order chi connectivity index (χ1) is 15.5. The van der Waals surface area contributed by atoms with Crippen LogP contribution in [0.5, 0.6) is 11.5 Å². The Balaban J connectivity index is 1.59. The zero-order valence-electron chi connectivity index (χ0n) is 16.9. The number of amides is 2. The van der Waals surface area contributed by atoms with E-state index in [1.165, 1.54) is 13.3 Å². The van der Waals surface area contributed by atoms with Gasteiger partial charge in [-0.1, -0.05) is 34.1 Å². The molecule has 0 saturated carbocycles. The van der Waals surface area contributed by atoms with Gasteiger partial charge in [-0.15, -0.1) is 0 Å². The molecule has 0 aliphatic carbocycles. The van der Waals surface area contributed by atoms with E-state index in [-0.39, 0.29) is 5.75 Å². The van der Waals surface area contributed by atoms with Crippen molar-refractivity contribution in [1.29, 1.82) is 0 Å². The van der Waals surface area contributed by atoms with Gasteiger partial charge in [0.2, 0.25) is 0 Å². The summed E-state index contributed by atoms with van der Waals surface area (Å²) in [6, 6.07) is 20.1. The van der Waals surface area contributed by atoms with Crippen molar-refractivity contribution in [1.82, 2.24) is 5.43 Å². The first kappa shape index (κ1) is 22.7. The van der Waals surface area contributed by atoms with E-state index in [1.807, 2.05) is 0 Å². The molecule has 2 amide bonds. The molecular weight excluding hydrogens is 478 g/mol. The van der Waals surface area contributed by atoms with Gasteiger partial charge in [-0.05, 0) is 60.2 Å². The number of ether oxygens (including phenoxy) is 2. The number of hydrogen-bond acceptors (Lipinski definition) is 6. The van der Waals surface area contributed by atoms with Crippen molar-refractivity contribution in [2.75, 3.05) is 12.4 Å². The molecule has 0 aromatic heterocycles. The van der Waals surface area contributed by atoms with E-state index in [1.54, 1.807) is 72.8 Å². The second-order valence-corrected chi connectivity index (χ2v) is 7.24. The van der Waals surface area contributed by atoms with Crippen LogP contribution in [0, 0.1) is 0 Å². The van der Waals surface area contributed by atoms with Gasteiger partial charge >= 0.3 is 17.8 Å². The summed E-state index contributed by atoms with van der Waals surface area (Å²) in [5.74, 6) is -1.77. The van der Waals surface area contributed by atoms with Crippen LogP contribution in [0.4, 0.5) is 5.69 Å². The van der Waals surface area contributed by atoms with Crippen LogP contribution in [-0.4, -0.2) is 31.1 Å². The predicted octanol–water partition coefficient (Wildman–Crippen LogP) is 3.77. The lowest BCUT2D eigenvalue weighted by atomic mass is 10.2. The van der Waals surface area contributed by atoms with Crippen molar-refractivity contribution in [2.45, 2.75) is 0 Å². The summed E-state index contributed by atoms with van der Waals surface area (Å²) in [4.78, 5) is 36.1. The van der Waals surface area contributed by atoms with Crippen LogP contribution in [-0.2, 0) is 9.59 Å². The van der Waals surface area contributed by atoms with Gasteiger partial charge in [-0.2, -0.15) is 5.10 Å². The van der Waals surface area contributed by atoms with Crippen LogP contribution < -0.4 is 20.2 Å². The van der Waals surface area contributed by atoms with Crippen LogP contribution >= 0.6 is 15.9 Å². The Kier molecular flexibility index (Phi) is 7.71. The molecule has 0 fully saturated rings. The van der Waals surface area contributed by atoms with Gasteiger partial charge in [0.15, 0.2) is 11.5 Å². The molecule has 32 heavy (non-hydrogen) atoms. The lowest BCUT2D eigenvalue weighted by molar-refractivity contribution is -0.136. The molecule has 0 saturated heterocycles. The molecule has 0 unspecified atom stereocenters. The van der Waals surface area contributed by atoms with Crippen molar-refractivity contribution in [3.8, 4) is 11.5 Å². The standard InChI is InChI=1S/C23H18BrN3O5/c1-31-20-13-15(7-12-19(20)32-23(30)16-5-3-2-4-6-16)14-25-27-22(29)21(28)26-18-10-8-17(24)9-11-18/h2-14H,1H3,(H,26,28)(H,27,29)/b25-14+. The molecule has 3 aromatic carbocycles. The number of anilines is 1. The minimum Gasteiger partial charge on any atom is -0.493 e. The minimum atomic E-state index is -0.926. The summed E-state index contributed by atoms with van der Waals surface area (Å²) in [6.45, 7) is 0. The Labute approximate surface area is 192 Å². The maximum atomic E-state index is 12.2. The van der Waals surface area contributed by atoms with Gasteiger partial charge in [0.1, 0.15) is 0 Å². The normalized spacial score (nSPS) is 10.4. The Morgan fingerprint density at radius 2 is 1.62 bits per heavy atom. The van der Waals surface area contributed by atoms with Crippen LogP contribution in [0.25, 0.3) is 0 Å². The highest BCUT2D eigenvalue weighted by Crippen LogP contribution is 2.28. The van der Waals surface area contributed by atoms with E-state index in [0.29, 0.717) is 22.6 Å². The van der Waals surface area contributed by atoms with Crippen LogP contribution in [0.1, 0.15) is 15.9 Å². The molecule has 0 atom stereocenters. The van der Waals surface area contributed by atoms with Gasteiger partial charge in [-0.3, -0.25) is 9.59 Å². The second-order valence-electron chi connectivity index (χ2n) is 6.33. The van der Waals surface area contributed by atoms with E-state index in [0.717, 1.165) is 4.47 Å². The first-order valence-electron chi connectivity index (χ1n) is 9.31. The molecule has 2 N–H and O–H groups in total. The highest BCUT2D eigenvalue weighted by Gasteiger charge is 2.14. The number of benzene rings is 3. The quantitative estimate of drug-likeness (QED) is 0.178. The fourth-order valence-electron chi connectivity index (χ4n) is 2.52. The Bertz CT molecular complexity index is 1150. The third-order valence-electron chi connectivity index (χ3n) is 4.09. The van der Waals surface area contributed by atoms with Crippen LogP contribution in [0.3, 0.4) is 0 Å². The summed E-state index contributed by atoms with van der Waals surface area (Å²) in [5, 5.41) is 6.24. The number of carbonyl (C=O) groups excluding carboxylic acids is 3. The molecule has 0 bridgehead atoms. The molecule has 3 rings (SSSR count). The summed E-state index contributed by atoms with van der Waals surface area (Å²) >= 11 is 3.29. The number of hydrogen-bond donors (Lipinski definition) is 2. The zero-order chi connectivity index (χ0) is 22.9. The Hall–Kier alpha value is -3.98. The molecule has 8 nitrogen and oxygen atoms in total. The van der Waals surface area contributed by atoms with E-state index in [2.05, 4.69) is 31.8 Å². The maximum absolute atomic E-state index is 12.2. The number of methoxy groups -OCH3 is 1. The highest BCUT2D eigenvalue weighted by molar-refractivity contribution is 9.10. The third-order valence-corrected chi connectivity index (χ3v) is 4.62. The zero-order valence-corrected chi connectivity index (χ0v) is 18.5. The number of nitrogens with one attached hydrogen (secondary N) is 2. The van der Waals surface area contributed by atoms with E-state index < -0.39 is 17.8 Å². The van der Waals surface area contributed by atoms with E-state index in [9.17, 15) is 14.4 Å². The van der Waals surface area contributed by atoms with Gasteiger partial charge in [-0.25, -0.2) is 10.2 Å². The number of carbonyl (C=O) groups is 3. The fraction of sp³-hybridized carbons (Fsp3) is 0.0435. The van der Waals surface area contributed by atoms with Gasteiger partial charge in [0.25, 0.3) is 0 Å². The van der Waals surface area contributed by atoms with E-state index >= 15 is 0 Å². The Morgan fingerprint density at radius 3 is 2.31 bits per heavy atom. The lowest BCUT2D eigenvalue weighted by Crippen LogP contribution is -2.32. The van der Waals surface area contributed by atoms with Gasteiger partial charge < -0.3 is 14.8 Å². The smallest absolute Gasteiger partial charge is 0.343 e. The summed E-state index contributed by atoms with van der Waals surface area (Å²) < 4.78 is 11.5. The molecule has 9 heteroatoms. The van der Waals surface area contributed by atoms with Crippen molar-refractivity contribution >= 4 is 45.6 Å². The minimum absolute atomic E-state index is 0.233. The van der Waals surface area contributed by atoms with E-state index in [4.69, 9.17) is 9.47 Å². The van der Waals surface area contributed by atoms with Crippen molar-refractivity contribution in [3.05, 3.63) is 88.4 Å². The first-order valence-corrected chi connectivity index (χ1v) is 10.1. The average molecular weight is 496 g/mol. The predicted molar refractivity (Wildman–Crippen MR) is 123 cm³/mol. The molecule has 162 valence electrons. The van der Waals surface area contributed by atoms with Crippen molar-refractivity contribution in [2.24, 2.45) is 5.10 Å². The number of nitrogens with zero attached hydrogens (tertiary/aromatic N) is 1. The molecule has 0 aliphatic rings. The molecule has 0 radical (unpaired) electrons. The second kappa shape index (κ2) is 10.9. The SMILES string of the molecule is COc1cc(/C=N/NC(=O)C(=O)Nc2ccc(Br)cc2)ccc1OC(=O)c1ccccc1. The molecule has 3 aromatic rings. The molecular formula is C23H18BrN3O5. The highest BCUT2D eigenvalue weighted by atomic mass is 79.9. The molecule has 0 aliphatic heterocycles. The van der Waals surface area contributed by atoms with Crippen molar-refractivity contribution in [3.63, 3.8) is 0 Å². The average Bonchev–Trinajstić information content (AvgIpc) is 2.81. The van der Waals surface area contributed by atoms with Gasteiger partial charge in [0.05, 0.1) is 18.9 Å². The van der Waals surface area contributed by atoms with Crippen LogP contribution in [0.15, 0.2) is 82.4 Å². The third kappa shape index (κ3) is 6.26.